The number of aromatic nitrogens is 2. The highest BCUT2D eigenvalue weighted by atomic mass is 16.5. The van der Waals surface area contributed by atoms with Crippen LogP contribution in [0.1, 0.15) is 32.3 Å². The van der Waals surface area contributed by atoms with Crippen molar-refractivity contribution in [1.82, 2.24) is 9.97 Å². The molecular weight excluding hydrogens is 304 g/mol. The molecule has 1 heterocycles. The van der Waals surface area contributed by atoms with Crippen molar-refractivity contribution in [3.63, 3.8) is 0 Å². The van der Waals surface area contributed by atoms with Gasteiger partial charge in [0.25, 0.3) is 0 Å². The van der Waals surface area contributed by atoms with Gasteiger partial charge in [0.15, 0.2) is 0 Å². The summed E-state index contributed by atoms with van der Waals surface area (Å²) in [5.41, 5.74) is 6.96. The van der Waals surface area contributed by atoms with Crippen LogP contribution in [0, 0.1) is 12.3 Å². The molecule has 0 fully saturated rings. The molecule has 2 rings (SSSR count). The van der Waals surface area contributed by atoms with Gasteiger partial charge < -0.3 is 15.8 Å². The van der Waals surface area contributed by atoms with Gasteiger partial charge in [0, 0.05) is 24.6 Å². The minimum absolute atomic E-state index is 0.0434. The van der Waals surface area contributed by atoms with Crippen molar-refractivity contribution in [3.8, 4) is 11.8 Å². The zero-order chi connectivity index (χ0) is 17.6. The first-order chi connectivity index (χ1) is 11.5. The molecule has 1 aromatic heterocycles. The smallest absolute Gasteiger partial charge is 0.321 e. The van der Waals surface area contributed by atoms with Crippen LogP contribution in [0.5, 0.6) is 11.8 Å². The molecule has 0 unspecified atom stereocenters. The molecule has 0 spiro atoms. The van der Waals surface area contributed by atoms with Crippen LogP contribution < -0.4 is 15.8 Å². The number of carbonyl (C=O) groups excluding carboxylic acids is 1. The van der Waals surface area contributed by atoms with Gasteiger partial charge in [0.2, 0.25) is 5.91 Å². The van der Waals surface area contributed by atoms with Crippen molar-refractivity contribution >= 4 is 11.6 Å². The lowest BCUT2D eigenvalue weighted by molar-refractivity contribution is -0.125. The zero-order valence-electron chi connectivity index (χ0n) is 14.4. The van der Waals surface area contributed by atoms with Crippen molar-refractivity contribution in [2.24, 2.45) is 11.1 Å². The molecule has 3 N–H and O–H groups in total. The maximum absolute atomic E-state index is 12.6. The molecule has 6 nitrogen and oxygen atoms in total. The average molecular weight is 328 g/mol. The molecule has 2 aromatic rings. The van der Waals surface area contributed by atoms with Crippen LogP contribution >= 0.6 is 0 Å². The quantitative estimate of drug-likeness (QED) is 0.814. The number of benzene rings is 1. The maximum atomic E-state index is 12.6. The molecule has 24 heavy (non-hydrogen) atoms. The van der Waals surface area contributed by atoms with E-state index in [0.29, 0.717) is 25.1 Å². The van der Waals surface area contributed by atoms with Crippen LogP contribution in [0.3, 0.4) is 0 Å². The number of amides is 1. The van der Waals surface area contributed by atoms with Crippen molar-refractivity contribution in [2.45, 2.75) is 33.6 Å². The number of nitrogens with two attached hydrogens (primary N) is 1. The van der Waals surface area contributed by atoms with Gasteiger partial charge >= 0.3 is 6.01 Å². The van der Waals surface area contributed by atoms with Crippen LogP contribution in [0.15, 0.2) is 36.7 Å². The van der Waals surface area contributed by atoms with Gasteiger partial charge in [-0.2, -0.15) is 0 Å². The Bertz CT molecular complexity index is 676. The van der Waals surface area contributed by atoms with Crippen LogP contribution in [0.2, 0.25) is 0 Å². The number of nitrogens with one attached hydrogen (secondary N) is 1. The number of aryl methyl sites for hydroxylation is 1. The Labute approximate surface area is 142 Å². The molecule has 0 saturated heterocycles. The predicted molar refractivity (Wildman–Crippen MR) is 94.0 cm³/mol. The van der Waals surface area contributed by atoms with E-state index in [1.165, 1.54) is 0 Å². The summed E-state index contributed by atoms with van der Waals surface area (Å²) in [7, 11) is 0. The fourth-order valence-electron chi connectivity index (χ4n) is 2.49. The van der Waals surface area contributed by atoms with Crippen LogP contribution in [-0.2, 0) is 4.79 Å². The summed E-state index contributed by atoms with van der Waals surface area (Å²) in [6.45, 7) is 6.22. The number of nitrogens with zero attached hydrogens (tertiary/aromatic N) is 2. The number of anilines is 1. The van der Waals surface area contributed by atoms with Crippen molar-refractivity contribution in [3.05, 3.63) is 42.2 Å². The summed E-state index contributed by atoms with van der Waals surface area (Å²) < 4.78 is 5.60. The summed E-state index contributed by atoms with van der Waals surface area (Å²) in [5.74, 6) is 0.575. The Morgan fingerprint density at radius 3 is 2.46 bits per heavy atom. The Balaban J connectivity index is 2.14. The number of rotatable bonds is 7. The summed E-state index contributed by atoms with van der Waals surface area (Å²) in [4.78, 5) is 20.7. The Morgan fingerprint density at radius 2 is 1.92 bits per heavy atom. The van der Waals surface area contributed by atoms with Gasteiger partial charge in [-0.3, -0.25) is 4.79 Å². The molecule has 0 atom stereocenters. The molecular formula is C18H24N4O2. The highest BCUT2D eigenvalue weighted by Crippen LogP contribution is 2.29. The lowest BCUT2D eigenvalue weighted by Crippen LogP contribution is -2.41. The van der Waals surface area contributed by atoms with Gasteiger partial charge in [-0.1, -0.05) is 13.8 Å². The summed E-state index contributed by atoms with van der Waals surface area (Å²) in [6.07, 6.45) is 4.65. The SMILES string of the molecule is CCC(CC)(CN)C(=O)Nc1ccc(Oc2ncccn2)cc1C. The second kappa shape index (κ2) is 7.88. The Morgan fingerprint density at radius 1 is 1.25 bits per heavy atom. The van der Waals surface area contributed by atoms with Gasteiger partial charge in [-0.25, -0.2) is 9.97 Å². The number of ether oxygens (including phenoxy) is 1. The summed E-state index contributed by atoms with van der Waals surface area (Å²) in [5, 5.41) is 2.99. The first kappa shape index (κ1) is 17.9. The van der Waals surface area contributed by atoms with Crippen LogP contribution in [-0.4, -0.2) is 22.4 Å². The highest BCUT2D eigenvalue weighted by Gasteiger charge is 2.33. The van der Waals surface area contributed by atoms with Crippen LogP contribution in [0.4, 0.5) is 5.69 Å². The lowest BCUT2D eigenvalue weighted by Gasteiger charge is -2.28. The largest absolute Gasteiger partial charge is 0.424 e. The minimum Gasteiger partial charge on any atom is -0.424 e. The van der Waals surface area contributed by atoms with Crippen molar-refractivity contribution < 1.29 is 9.53 Å². The molecule has 0 saturated carbocycles. The van der Waals surface area contributed by atoms with Crippen molar-refractivity contribution in [2.75, 3.05) is 11.9 Å². The van der Waals surface area contributed by atoms with E-state index in [9.17, 15) is 4.79 Å². The van der Waals surface area contributed by atoms with Crippen molar-refractivity contribution in [1.29, 1.82) is 0 Å². The topological polar surface area (TPSA) is 90.1 Å². The molecule has 0 radical (unpaired) electrons. The standard InChI is InChI=1S/C18H24N4O2/c1-4-18(5-2,12-19)16(23)22-15-8-7-14(11-13(15)3)24-17-20-9-6-10-21-17/h6-11H,4-5,12,19H2,1-3H3,(H,22,23). The van der Waals surface area contributed by atoms with Gasteiger partial charge in [0.05, 0.1) is 5.41 Å². The second-order valence-electron chi connectivity index (χ2n) is 5.76. The molecule has 0 bridgehead atoms. The Hall–Kier alpha value is -2.47. The maximum Gasteiger partial charge on any atom is 0.321 e. The number of hydrogen-bond donors (Lipinski definition) is 2. The molecule has 0 aliphatic rings. The van der Waals surface area contributed by atoms with Gasteiger partial charge in [-0.15, -0.1) is 0 Å². The summed E-state index contributed by atoms with van der Waals surface area (Å²) >= 11 is 0. The monoisotopic (exact) mass is 328 g/mol. The molecule has 1 amide bonds. The third-order valence-corrected chi connectivity index (χ3v) is 4.42. The van der Waals surface area contributed by atoms with E-state index >= 15 is 0 Å². The van der Waals surface area contributed by atoms with E-state index in [4.69, 9.17) is 10.5 Å². The minimum atomic E-state index is -0.528. The molecule has 1 aromatic carbocycles. The van der Waals surface area contributed by atoms with E-state index in [2.05, 4.69) is 15.3 Å². The van der Waals surface area contributed by atoms with Crippen LogP contribution in [0.25, 0.3) is 0 Å². The van der Waals surface area contributed by atoms with E-state index in [1.54, 1.807) is 24.5 Å². The molecule has 6 heteroatoms. The highest BCUT2D eigenvalue weighted by molar-refractivity contribution is 5.96. The predicted octanol–water partition coefficient (Wildman–Crippen LogP) is 3.28. The number of carbonyl (C=O) groups is 1. The van der Waals surface area contributed by atoms with E-state index in [-0.39, 0.29) is 11.9 Å². The normalized spacial score (nSPS) is 11.2. The fraction of sp³-hybridized carbons (Fsp3) is 0.389. The van der Waals surface area contributed by atoms with E-state index in [1.807, 2.05) is 32.9 Å². The zero-order valence-corrected chi connectivity index (χ0v) is 14.4. The first-order valence-corrected chi connectivity index (χ1v) is 8.11. The van der Waals surface area contributed by atoms with E-state index in [0.717, 1.165) is 11.3 Å². The van der Waals surface area contributed by atoms with Gasteiger partial charge in [-0.05, 0) is 49.6 Å². The first-order valence-electron chi connectivity index (χ1n) is 8.11. The third-order valence-electron chi connectivity index (χ3n) is 4.42. The van der Waals surface area contributed by atoms with E-state index < -0.39 is 5.41 Å². The summed E-state index contributed by atoms with van der Waals surface area (Å²) in [6, 6.07) is 7.45. The molecule has 128 valence electrons. The fourth-order valence-corrected chi connectivity index (χ4v) is 2.49. The van der Waals surface area contributed by atoms with Gasteiger partial charge in [0.1, 0.15) is 5.75 Å². The molecule has 0 aliphatic carbocycles. The number of hydrogen-bond acceptors (Lipinski definition) is 5. The average Bonchev–Trinajstić information content (AvgIpc) is 2.60. The second-order valence-corrected chi connectivity index (χ2v) is 5.76. The third kappa shape index (κ3) is 3.89. The lowest BCUT2D eigenvalue weighted by atomic mass is 9.81. The Kier molecular flexibility index (Phi) is 5.87. The molecule has 0 aliphatic heterocycles.